The summed E-state index contributed by atoms with van der Waals surface area (Å²) in [6.07, 6.45) is 1.54. The van der Waals surface area contributed by atoms with Crippen LogP contribution in [0.5, 0.6) is 5.75 Å². The van der Waals surface area contributed by atoms with Gasteiger partial charge < -0.3 is 10.1 Å². The first-order valence-corrected chi connectivity index (χ1v) is 6.33. The molecule has 0 aliphatic heterocycles. The van der Waals surface area contributed by atoms with Gasteiger partial charge in [0.05, 0.1) is 6.04 Å². The summed E-state index contributed by atoms with van der Waals surface area (Å²) in [5.74, 6) is -0.215. The maximum atomic E-state index is 12.1. The number of nitrogens with zero attached hydrogens (tertiary/aromatic N) is 1. The third-order valence-electron chi connectivity index (χ3n) is 2.85. The minimum Gasteiger partial charge on any atom is -0.435 e. The first-order valence-electron chi connectivity index (χ1n) is 6.33. The van der Waals surface area contributed by atoms with Crippen LogP contribution in [0.15, 0.2) is 48.7 Å². The van der Waals surface area contributed by atoms with Crippen LogP contribution in [0.1, 0.15) is 29.0 Å². The van der Waals surface area contributed by atoms with Crippen LogP contribution in [0.3, 0.4) is 0 Å². The number of hydrogen-bond donors (Lipinski definition) is 1. The average Bonchev–Trinajstić information content (AvgIpc) is 2.48. The number of rotatable bonds is 5. The van der Waals surface area contributed by atoms with Gasteiger partial charge in [0, 0.05) is 6.20 Å². The van der Waals surface area contributed by atoms with Gasteiger partial charge in [0.2, 0.25) is 0 Å². The molecule has 0 bridgehead atoms. The van der Waals surface area contributed by atoms with Crippen molar-refractivity contribution in [1.82, 2.24) is 10.3 Å². The molecule has 1 amide bonds. The van der Waals surface area contributed by atoms with Gasteiger partial charge in [-0.15, -0.1) is 0 Å². The van der Waals surface area contributed by atoms with E-state index in [9.17, 15) is 13.6 Å². The molecular weight excluding hydrogens is 278 g/mol. The van der Waals surface area contributed by atoms with Crippen LogP contribution in [0.4, 0.5) is 8.78 Å². The van der Waals surface area contributed by atoms with Crippen LogP contribution >= 0.6 is 0 Å². The number of hydrogen-bond acceptors (Lipinski definition) is 3. The predicted octanol–water partition coefficient (Wildman–Crippen LogP) is 3.17. The Bertz CT molecular complexity index is 588. The normalized spacial score (nSPS) is 12.0. The number of aromatic nitrogens is 1. The van der Waals surface area contributed by atoms with Crippen molar-refractivity contribution in [3.63, 3.8) is 0 Å². The number of amides is 1. The standard InChI is InChI=1S/C15H14F2N2O2/c1-10(19-14(20)13-4-2-3-9-18-13)11-5-7-12(8-6-11)21-15(16)17/h2-10,15H,1H3,(H,19,20). The molecule has 1 aromatic heterocycles. The minimum absolute atomic E-state index is 0.0806. The highest BCUT2D eigenvalue weighted by Crippen LogP contribution is 2.19. The summed E-state index contributed by atoms with van der Waals surface area (Å²) >= 11 is 0. The molecule has 0 saturated heterocycles. The Kier molecular flexibility index (Phi) is 4.81. The zero-order chi connectivity index (χ0) is 15.2. The van der Waals surface area contributed by atoms with E-state index in [1.807, 2.05) is 0 Å². The van der Waals surface area contributed by atoms with Crippen LogP contribution in [0, 0.1) is 0 Å². The SMILES string of the molecule is CC(NC(=O)c1ccccn1)c1ccc(OC(F)F)cc1. The monoisotopic (exact) mass is 292 g/mol. The molecule has 0 radical (unpaired) electrons. The van der Waals surface area contributed by atoms with Crippen LogP contribution < -0.4 is 10.1 Å². The maximum absolute atomic E-state index is 12.1. The summed E-state index contributed by atoms with van der Waals surface area (Å²) in [7, 11) is 0. The van der Waals surface area contributed by atoms with Crippen molar-refractivity contribution in [2.24, 2.45) is 0 Å². The molecule has 1 heterocycles. The van der Waals surface area contributed by atoms with Crippen LogP contribution in [-0.2, 0) is 0 Å². The van der Waals surface area contributed by atoms with Crippen LogP contribution in [0.2, 0.25) is 0 Å². The van der Waals surface area contributed by atoms with Crippen molar-refractivity contribution in [2.45, 2.75) is 19.6 Å². The number of carbonyl (C=O) groups is 1. The number of alkyl halides is 2. The fourth-order valence-corrected chi connectivity index (χ4v) is 1.79. The van der Waals surface area contributed by atoms with Gasteiger partial charge in [-0.1, -0.05) is 18.2 Å². The molecule has 2 rings (SSSR count). The quantitative estimate of drug-likeness (QED) is 0.921. The van der Waals surface area contributed by atoms with Crippen molar-refractivity contribution in [3.05, 3.63) is 59.9 Å². The van der Waals surface area contributed by atoms with Crippen LogP contribution in [0.25, 0.3) is 0 Å². The largest absolute Gasteiger partial charge is 0.435 e. The molecule has 0 aliphatic rings. The van der Waals surface area contributed by atoms with Crippen molar-refractivity contribution >= 4 is 5.91 Å². The Balaban J connectivity index is 2.00. The number of pyridine rings is 1. The highest BCUT2D eigenvalue weighted by Gasteiger charge is 2.12. The summed E-state index contributed by atoms with van der Waals surface area (Å²) in [6.45, 7) is -1.05. The fraction of sp³-hybridized carbons (Fsp3) is 0.200. The Morgan fingerprint density at radius 2 is 1.90 bits per heavy atom. The number of benzene rings is 1. The lowest BCUT2D eigenvalue weighted by molar-refractivity contribution is -0.0498. The van der Waals surface area contributed by atoms with Crippen molar-refractivity contribution in [2.75, 3.05) is 0 Å². The highest BCUT2D eigenvalue weighted by molar-refractivity contribution is 5.92. The Morgan fingerprint density at radius 1 is 1.19 bits per heavy atom. The second kappa shape index (κ2) is 6.78. The molecule has 1 N–H and O–H groups in total. The van der Waals surface area contributed by atoms with Gasteiger partial charge in [-0.05, 0) is 36.8 Å². The Labute approximate surface area is 120 Å². The maximum Gasteiger partial charge on any atom is 0.387 e. The molecule has 0 saturated carbocycles. The van der Waals surface area contributed by atoms with E-state index in [4.69, 9.17) is 0 Å². The third-order valence-corrected chi connectivity index (χ3v) is 2.85. The van der Waals surface area contributed by atoms with E-state index in [0.29, 0.717) is 5.69 Å². The smallest absolute Gasteiger partial charge is 0.387 e. The van der Waals surface area contributed by atoms with Gasteiger partial charge in [-0.3, -0.25) is 9.78 Å². The molecule has 21 heavy (non-hydrogen) atoms. The lowest BCUT2D eigenvalue weighted by Crippen LogP contribution is -2.27. The molecule has 2 aromatic rings. The van der Waals surface area contributed by atoms with Gasteiger partial charge in [0.1, 0.15) is 11.4 Å². The minimum atomic E-state index is -2.85. The summed E-state index contributed by atoms with van der Waals surface area (Å²) in [5.41, 5.74) is 1.10. The third kappa shape index (κ3) is 4.24. The van der Waals surface area contributed by atoms with Crippen molar-refractivity contribution < 1.29 is 18.3 Å². The van der Waals surface area contributed by atoms with Gasteiger partial charge in [-0.25, -0.2) is 0 Å². The first-order chi connectivity index (χ1) is 10.1. The van der Waals surface area contributed by atoms with E-state index >= 15 is 0 Å². The lowest BCUT2D eigenvalue weighted by Gasteiger charge is -2.14. The summed E-state index contributed by atoms with van der Waals surface area (Å²) < 4.78 is 28.4. The predicted molar refractivity (Wildman–Crippen MR) is 73.2 cm³/mol. The molecular formula is C15H14F2N2O2. The van der Waals surface area contributed by atoms with Crippen molar-refractivity contribution in [1.29, 1.82) is 0 Å². The molecule has 1 aromatic carbocycles. The van der Waals surface area contributed by atoms with Crippen molar-refractivity contribution in [3.8, 4) is 5.75 Å². The first kappa shape index (κ1) is 14.9. The highest BCUT2D eigenvalue weighted by atomic mass is 19.3. The molecule has 1 unspecified atom stereocenters. The lowest BCUT2D eigenvalue weighted by atomic mass is 10.1. The zero-order valence-corrected chi connectivity index (χ0v) is 11.3. The van der Waals surface area contributed by atoms with Gasteiger partial charge >= 0.3 is 6.61 Å². The van der Waals surface area contributed by atoms with E-state index in [1.54, 1.807) is 37.3 Å². The zero-order valence-electron chi connectivity index (χ0n) is 11.3. The summed E-state index contributed by atoms with van der Waals surface area (Å²) in [4.78, 5) is 15.9. The van der Waals surface area contributed by atoms with E-state index in [2.05, 4.69) is 15.0 Å². The summed E-state index contributed by atoms with van der Waals surface area (Å²) in [6, 6.07) is 10.9. The van der Waals surface area contributed by atoms with E-state index in [0.717, 1.165) is 5.56 Å². The van der Waals surface area contributed by atoms with E-state index in [-0.39, 0.29) is 17.7 Å². The molecule has 1 atom stereocenters. The fourth-order valence-electron chi connectivity index (χ4n) is 1.79. The molecule has 0 aliphatic carbocycles. The topological polar surface area (TPSA) is 51.2 Å². The van der Waals surface area contributed by atoms with E-state index < -0.39 is 6.61 Å². The summed E-state index contributed by atoms with van der Waals surface area (Å²) in [5, 5.41) is 2.78. The Hall–Kier alpha value is -2.50. The molecule has 6 heteroatoms. The molecule has 4 nitrogen and oxygen atoms in total. The number of ether oxygens (including phenoxy) is 1. The number of carbonyl (C=O) groups excluding carboxylic acids is 1. The van der Waals surface area contributed by atoms with Crippen LogP contribution in [-0.4, -0.2) is 17.5 Å². The van der Waals surface area contributed by atoms with E-state index in [1.165, 1.54) is 18.3 Å². The Morgan fingerprint density at radius 3 is 2.48 bits per heavy atom. The second-order valence-electron chi connectivity index (χ2n) is 4.36. The molecule has 0 fully saturated rings. The van der Waals surface area contributed by atoms with Gasteiger partial charge in [-0.2, -0.15) is 8.78 Å². The number of nitrogens with one attached hydrogen (secondary N) is 1. The average molecular weight is 292 g/mol. The number of halogens is 2. The molecule has 0 spiro atoms. The second-order valence-corrected chi connectivity index (χ2v) is 4.36. The van der Waals surface area contributed by atoms with Gasteiger partial charge in [0.25, 0.3) is 5.91 Å². The van der Waals surface area contributed by atoms with Gasteiger partial charge in [0.15, 0.2) is 0 Å². The molecule has 110 valence electrons.